The zero-order chi connectivity index (χ0) is 22.5. The predicted octanol–water partition coefficient (Wildman–Crippen LogP) is 2.90. The van der Waals surface area contributed by atoms with Crippen molar-refractivity contribution in [2.75, 3.05) is 32.1 Å². The number of hydrogen-bond acceptors (Lipinski definition) is 6. The molecule has 170 valence electrons. The van der Waals surface area contributed by atoms with Crippen LogP contribution in [0.5, 0.6) is 5.75 Å². The minimum atomic E-state index is -0.149. The zero-order valence-electron chi connectivity index (χ0n) is 18.8. The molecule has 4 rings (SSSR count). The third-order valence-electron chi connectivity index (χ3n) is 6.17. The lowest BCUT2D eigenvalue weighted by atomic mass is 9.90. The maximum Gasteiger partial charge on any atom is 0.257 e. The van der Waals surface area contributed by atoms with Gasteiger partial charge in [-0.15, -0.1) is 0 Å². The van der Waals surface area contributed by atoms with E-state index in [0.717, 1.165) is 38.5 Å². The Bertz CT molecular complexity index is 947. The van der Waals surface area contributed by atoms with Gasteiger partial charge in [-0.2, -0.15) is 0 Å². The molecular formula is C24H31N5O3. The van der Waals surface area contributed by atoms with E-state index in [9.17, 15) is 9.59 Å². The fraction of sp³-hybridized carbons (Fsp3) is 0.500. The minimum Gasteiger partial charge on any atom is -0.493 e. The van der Waals surface area contributed by atoms with E-state index in [4.69, 9.17) is 4.74 Å². The van der Waals surface area contributed by atoms with Gasteiger partial charge in [0.05, 0.1) is 23.8 Å². The lowest BCUT2D eigenvalue weighted by molar-refractivity contribution is 0.0504. The van der Waals surface area contributed by atoms with Crippen LogP contribution in [0.1, 0.15) is 59.2 Å². The summed E-state index contributed by atoms with van der Waals surface area (Å²) in [7, 11) is 3.73. The van der Waals surface area contributed by atoms with Gasteiger partial charge in [0.15, 0.2) is 0 Å². The van der Waals surface area contributed by atoms with Crippen LogP contribution < -0.4 is 15.0 Å². The van der Waals surface area contributed by atoms with Crippen LogP contribution in [0.25, 0.3) is 0 Å². The monoisotopic (exact) mass is 437 g/mol. The molecular weight excluding hydrogens is 406 g/mol. The summed E-state index contributed by atoms with van der Waals surface area (Å²) in [5.41, 5.74) is 1.02. The first-order valence-electron chi connectivity index (χ1n) is 11.4. The summed E-state index contributed by atoms with van der Waals surface area (Å²) in [4.78, 5) is 38.8. The van der Waals surface area contributed by atoms with Crippen molar-refractivity contribution in [3.8, 4) is 5.75 Å². The molecule has 0 saturated carbocycles. The van der Waals surface area contributed by atoms with E-state index in [0.29, 0.717) is 36.0 Å². The fourth-order valence-corrected chi connectivity index (χ4v) is 4.50. The average Bonchev–Trinajstić information content (AvgIpc) is 2.81. The normalized spacial score (nSPS) is 21.7. The first kappa shape index (κ1) is 22.0. The summed E-state index contributed by atoms with van der Waals surface area (Å²) in [6.07, 6.45) is 8.62. The number of nitrogens with zero attached hydrogens (tertiary/aromatic N) is 4. The number of para-hydroxylation sites is 1. The third-order valence-corrected chi connectivity index (χ3v) is 6.17. The van der Waals surface area contributed by atoms with Crippen molar-refractivity contribution < 1.29 is 14.3 Å². The number of piperidine rings is 1. The van der Waals surface area contributed by atoms with Crippen molar-refractivity contribution in [1.29, 1.82) is 0 Å². The molecule has 1 N–H and O–H groups in total. The summed E-state index contributed by atoms with van der Waals surface area (Å²) < 4.78 is 5.87. The smallest absolute Gasteiger partial charge is 0.257 e. The number of carbonyl (C=O) groups excluding carboxylic acids is 2. The lowest BCUT2D eigenvalue weighted by Crippen LogP contribution is -2.57. The molecule has 0 spiro atoms. The molecule has 0 aliphatic carbocycles. The summed E-state index contributed by atoms with van der Waals surface area (Å²) in [5, 5.41) is 3.20. The van der Waals surface area contributed by atoms with Gasteiger partial charge in [-0.1, -0.05) is 18.6 Å². The predicted molar refractivity (Wildman–Crippen MR) is 122 cm³/mol. The first-order chi connectivity index (χ1) is 15.5. The average molecular weight is 438 g/mol. The molecule has 0 radical (unpaired) electrons. The molecule has 3 heterocycles. The van der Waals surface area contributed by atoms with E-state index < -0.39 is 0 Å². The number of hydrogen-bond donors (Lipinski definition) is 1. The van der Waals surface area contributed by atoms with Crippen LogP contribution in [0.15, 0.2) is 36.7 Å². The van der Waals surface area contributed by atoms with E-state index in [1.807, 2.05) is 37.2 Å². The highest BCUT2D eigenvalue weighted by atomic mass is 16.5. The van der Waals surface area contributed by atoms with Crippen LogP contribution in [0.2, 0.25) is 0 Å². The summed E-state index contributed by atoms with van der Waals surface area (Å²) in [6.45, 7) is 1.25. The van der Waals surface area contributed by atoms with Gasteiger partial charge in [0, 0.05) is 39.1 Å². The van der Waals surface area contributed by atoms with Crippen LogP contribution in [0.4, 0.5) is 5.95 Å². The maximum absolute atomic E-state index is 13.4. The molecule has 32 heavy (non-hydrogen) atoms. The Morgan fingerprint density at radius 3 is 2.66 bits per heavy atom. The Kier molecular flexibility index (Phi) is 6.87. The second-order valence-corrected chi connectivity index (χ2v) is 8.65. The molecule has 2 aromatic rings. The van der Waals surface area contributed by atoms with E-state index in [2.05, 4.69) is 15.3 Å². The molecule has 8 nitrogen and oxygen atoms in total. The number of nitrogens with one attached hydrogen (secondary N) is 1. The summed E-state index contributed by atoms with van der Waals surface area (Å²) in [6, 6.07) is 7.20. The van der Waals surface area contributed by atoms with Crippen molar-refractivity contribution in [2.45, 2.75) is 50.6 Å². The molecule has 1 aromatic carbocycles. The zero-order valence-corrected chi connectivity index (χ0v) is 18.8. The van der Waals surface area contributed by atoms with Crippen molar-refractivity contribution >= 4 is 17.8 Å². The second-order valence-electron chi connectivity index (χ2n) is 8.65. The van der Waals surface area contributed by atoms with Crippen molar-refractivity contribution in [3.63, 3.8) is 0 Å². The van der Waals surface area contributed by atoms with E-state index in [1.54, 1.807) is 23.4 Å². The molecule has 1 saturated heterocycles. The number of amides is 2. The third kappa shape index (κ3) is 4.84. The van der Waals surface area contributed by atoms with Gasteiger partial charge < -0.3 is 19.9 Å². The first-order valence-corrected chi connectivity index (χ1v) is 11.4. The van der Waals surface area contributed by atoms with Gasteiger partial charge in [-0.3, -0.25) is 9.59 Å². The molecule has 2 amide bonds. The topological polar surface area (TPSA) is 87.7 Å². The van der Waals surface area contributed by atoms with Gasteiger partial charge >= 0.3 is 0 Å². The second kappa shape index (κ2) is 9.97. The number of anilines is 1. The largest absolute Gasteiger partial charge is 0.493 e. The van der Waals surface area contributed by atoms with E-state index >= 15 is 0 Å². The van der Waals surface area contributed by atoms with Crippen LogP contribution in [-0.2, 0) is 0 Å². The van der Waals surface area contributed by atoms with Crippen LogP contribution in [0.3, 0.4) is 0 Å². The Morgan fingerprint density at radius 1 is 1.09 bits per heavy atom. The quantitative estimate of drug-likeness (QED) is 0.777. The van der Waals surface area contributed by atoms with Gasteiger partial charge in [0.25, 0.3) is 11.8 Å². The highest BCUT2D eigenvalue weighted by molar-refractivity contribution is 5.97. The Hall–Kier alpha value is -3.16. The SMILES string of the molecule is CN(C)c1ncc(C(=O)N2CCC[C@@H]3NC(=O)c4ccccc4OCCCCC[C@@H]32)cn1. The van der Waals surface area contributed by atoms with Gasteiger partial charge in [-0.05, 0) is 44.2 Å². The molecule has 2 aliphatic heterocycles. The van der Waals surface area contributed by atoms with Gasteiger partial charge in [0.1, 0.15) is 5.75 Å². The number of likely N-dealkylation sites (tertiary alicyclic amines) is 1. The number of rotatable bonds is 2. The molecule has 1 aromatic heterocycles. The Labute approximate surface area is 189 Å². The van der Waals surface area contributed by atoms with E-state index in [-0.39, 0.29) is 23.9 Å². The van der Waals surface area contributed by atoms with Gasteiger partial charge in [-0.25, -0.2) is 9.97 Å². The van der Waals surface area contributed by atoms with Crippen molar-refractivity contribution in [1.82, 2.24) is 20.2 Å². The number of benzene rings is 1. The maximum atomic E-state index is 13.4. The highest BCUT2D eigenvalue weighted by Gasteiger charge is 2.36. The molecule has 8 heteroatoms. The summed E-state index contributed by atoms with van der Waals surface area (Å²) in [5.74, 6) is 0.959. The van der Waals surface area contributed by atoms with Crippen LogP contribution in [0, 0.1) is 0 Å². The molecule has 0 unspecified atom stereocenters. The van der Waals surface area contributed by atoms with Crippen molar-refractivity contribution in [3.05, 3.63) is 47.8 Å². The van der Waals surface area contributed by atoms with E-state index in [1.165, 1.54) is 0 Å². The van der Waals surface area contributed by atoms with Crippen LogP contribution >= 0.6 is 0 Å². The Balaban J connectivity index is 1.57. The number of aromatic nitrogens is 2. The minimum absolute atomic E-state index is 0.0544. The summed E-state index contributed by atoms with van der Waals surface area (Å²) >= 11 is 0. The van der Waals surface area contributed by atoms with Gasteiger partial charge in [0.2, 0.25) is 5.95 Å². The van der Waals surface area contributed by atoms with Crippen LogP contribution in [-0.4, -0.2) is 66.0 Å². The number of carbonyl (C=O) groups is 2. The fourth-order valence-electron chi connectivity index (χ4n) is 4.50. The number of ether oxygens (including phenoxy) is 1. The Morgan fingerprint density at radius 2 is 1.88 bits per heavy atom. The lowest BCUT2D eigenvalue weighted by Gasteiger charge is -2.42. The molecule has 2 aliphatic rings. The molecule has 2 atom stereocenters. The van der Waals surface area contributed by atoms with Crippen molar-refractivity contribution in [2.24, 2.45) is 0 Å². The standard InChI is InChI=1S/C24H31N5O3/c1-28(2)24-25-15-17(16-26-24)23(31)29-13-8-10-19-20(29)11-4-3-7-14-32-21-12-6-5-9-18(21)22(30)27-19/h5-6,9,12,15-16,19-20H,3-4,7-8,10-11,13-14H2,1-2H3,(H,27,30)/t19-,20-/m0/s1. The number of fused-ring (bicyclic) bond motifs is 2. The highest BCUT2D eigenvalue weighted by Crippen LogP contribution is 2.27. The molecule has 1 fully saturated rings. The molecule has 0 bridgehead atoms.